The quantitative estimate of drug-likeness (QED) is 0.486. The van der Waals surface area contributed by atoms with Crippen molar-refractivity contribution in [3.8, 4) is 21.9 Å². The van der Waals surface area contributed by atoms with Crippen molar-refractivity contribution in [2.75, 3.05) is 0 Å². The summed E-state index contributed by atoms with van der Waals surface area (Å²) in [5, 5.41) is 2.19. The summed E-state index contributed by atoms with van der Waals surface area (Å²) in [5.74, 6) is 0.822. The van der Waals surface area contributed by atoms with Crippen molar-refractivity contribution in [1.82, 2.24) is 4.98 Å². The van der Waals surface area contributed by atoms with E-state index >= 15 is 0 Å². The Morgan fingerprint density at radius 2 is 2.09 bits per heavy atom. The zero-order valence-corrected chi connectivity index (χ0v) is 13.7. The first-order valence-electron chi connectivity index (χ1n) is 7.95. The van der Waals surface area contributed by atoms with Crippen LogP contribution < -0.4 is 0 Å². The number of thiophene rings is 1. The first kappa shape index (κ1) is 15.0. The van der Waals surface area contributed by atoms with Gasteiger partial charge in [0.15, 0.2) is 5.76 Å². The van der Waals surface area contributed by atoms with Gasteiger partial charge in [0.2, 0.25) is 0 Å². The lowest BCUT2D eigenvalue weighted by molar-refractivity contribution is 0.580. The van der Waals surface area contributed by atoms with Gasteiger partial charge >= 0.3 is 0 Å². The van der Waals surface area contributed by atoms with E-state index in [-0.39, 0.29) is 0 Å². The van der Waals surface area contributed by atoms with Crippen LogP contribution in [-0.4, -0.2) is 4.98 Å². The molecule has 0 aliphatic heterocycles. The minimum Gasteiger partial charge on any atom is -0.463 e. The summed E-state index contributed by atoms with van der Waals surface area (Å²) in [6, 6.07) is 10.3. The molecule has 3 aromatic rings. The van der Waals surface area contributed by atoms with E-state index in [1.807, 2.05) is 29.7 Å². The van der Waals surface area contributed by atoms with Gasteiger partial charge in [-0.15, -0.1) is 11.3 Å². The molecule has 0 spiro atoms. The summed E-state index contributed by atoms with van der Waals surface area (Å²) in [5.41, 5.74) is 3.59. The maximum absolute atomic E-state index is 5.45. The van der Waals surface area contributed by atoms with E-state index in [2.05, 4.69) is 35.5 Å². The van der Waals surface area contributed by atoms with Gasteiger partial charge in [0.1, 0.15) is 5.69 Å². The SMILES string of the molecule is CCCCCCc1ccsc1-c1ccnc(-c2ccco2)c1. The Labute approximate surface area is 135 Å². The first-order chi connectivity index (χ1) is 10.9. The van der Waals surface area contributed by atoms with Crippen molar-refractivity contribution in [1.29, 1.82) is 0 Å². The molecule has 0 saturated heterocycles. The Balaban J connectivity index is 1.80. The van der Waals surface area contributed by atoms with E-state index in [1.165, 1.54) is 41.7 Å². The molecule has 0 fully saturated rings. The number of unbranched alkanes of at least 4 members (excludes halogenated alkanes) is 3. The third-order valence-corrected chi connectivity index (χ3v) is 4.85. The van der Waals surface area contributed by atoms with Gasteiger partial charge in [-0.1, -0.05) is 26.2 Å². The summed E-state index contributed by atoms with van der Waals surface area (Å²) in [7, 11) is 0. The average molecular weight is 311 g/mol. The van der Waals surface area contributed by atoms with Gasteiger partial charge in [0.05, 0.1) is 6.26 Å². The fraction of sp³-hybridized carbons (Fsp3) is 0.316. The van der Waals surface area contributed by atoms with Crippen LogP contribution in [0, 0.1) is 0 Å². The Morgan fingerprint density at radius 1 is 1.14 bits per heavy atom. The zero-order valence-electron chi connectivity index (χ0n) is 12.9. The smallest absolute Gasteiger partial charge is 0.152 e. The zero-order chi connectivity index (χ0) is 15.2. The van der Waals surface area contributed by atoms with Crippen molar-refractivity contribution < 1.29 is 4.42 Å². The van der Waals surface area contributed by atoms with E-state index in [4.69, 9.17) is 4.42 Å². The molecular formula is C19H21NOS. The summed E-state index contributed by atoms with van der Waals surface area (Å²) in [6.45, 7) is 2.25. The van der Waals surface area contributed by atoms with Gasteiger partial charge in [-0.05, 0) is 59.7 Å². The second-order valence-electron chi connectivity index (χ2n) is 5.49. The topological polar surface area (TPSA) is 26.0 Å². The van der Waals surface area contributed by atoms with Crippen LogP contribution in [0.3, 0.4) is 0 Å². The Morgan fingerprint density at radius 3 is 2.91 bits per heavy atom. The molecule has 3 heterocycles. The van der Waals surface area contributed by atoms with Crippen molar-refractivity contribution in [2.45, 2.75) is 39.0 Å². The van der Waals surface area contributed by atoms with Crippen LogP contribution in [0.2, 0.25) is 0 Å². The summed E-state index contributed by atoms with van der Waals surface area (Å²) < 4.78 is 5.45. The van der Waals surface area contributed by atoms with E-state index < -0.39 is 0 Å². The van der Waals surface area contributed by atoms with Crippen LogP contribution >= 0.6 is 11.3 Å². The highest BCUT2D eigenvalue weighted by Crippen LogP contribution is 2.32. The second kappa shape index (κ2) is 7.41. The molecule has 0 aromatic carbocycles. The number of rotatable bonds is 7. The summed E-state index contributed by atoms with van der Waals surface area (Å²) in [4.78, 5) is 5.79. The highest BCUT2D eigenvalue weighted by atomic mass is 32.1. The van der Waals surface area contributed by atoms with Gasteiger partial charge in [-0.2, -0.15) is 0 Å². The number of hydrogen-bond acceptors (Lipinski definition) is 3. The lowest BCUT2D eigenvalue weighted by atomic mass is 10.0. The largest absolute Gasteiger partial charge is 0.463 e. The molecule has 0 amide bonds. The van der Waals surface area contributed by atoms with Crippen LogP contribution in [0.1, 0.15) is 38.2 Å². The summed E-state index contributed by atoms with van der Waals surface area (Å²) >= 11 is 1.81. The Hall–Kier alpha value is -1.87. The molecule has 0 unspecified atom stereocenters. The minimum atomic E-state index is 0.822. The van der Waals surface area contributed by atoms with Crippen molar-refractivity contribution >= 4 is 11.3 Å². The standard InChI is InChI=1S/C19H21NOS/c1-2-3-4-5-7-15-10-13-22-19(15)16-9-11-20-17(14-16)18-8-6-12-21-18/h6,8-14H,2-5,7H2,1H3. The molecule has 3 aromatic heterocycles. The highest BCUT2D eigenvalue weighted by molar-refractivity contribution is 7.13. The van der Waals surface area contributed by atoms with E-state index in [9.17, 15) is 0 Å². The predicted octanol–water partition coefficient (Wildman–Crippen LogP) is 6.19. The Kier molecular flexibility index (Phi) is 5.07. The highest BCUT2D eigenvalue weighted by Gasteiger charge is 2.09. The van der Waals surface area contributed by atoms with E-state index in [0.717, 1.165) is 17.9 Å². The van der Waals surface area contributed by atoms with Gasteiger partial charge in [-0.3, -0.25) is 4.98 Å². The molecule has 0 N–H and O–H groups in total. The van der Waals surface area contributed by atoms with Crippen LogP contribution in [0.25, 0.3) is 21.9 Å². The average Bonchev–Trinajstić information content (AvgIpc) is 3.23. The molecule has 3 rings (SSSR count). The van der Waals surface area contributed by atoms with Gasteiger partial charge in [0, 0.05) is 11.1 Å². The molecule has 2 nitrogen and oxygen atoms in total. The maximum atomic E-state index is 5.45. The molecule has 0 aliphatic carbocycles. The molecular weight excluding hydrogens is 290 g/mol. The van der Waals surface area contributed by atoms with Crippen LogP contribution in [-0.2, 0) is 6.42 Å². The lowest BCUT2D eigenvalue weighted by Crippen LogP contribution is -1.88. The molecule has 3 heteroatoms. The number of nitrogens with zero attached hydrogens (tertiary/aromatic N) is 1. The third-order valence-electron chi connectivity index (χ3n) is 3.84. The lowest BCUT2D eigenvalue weighted by Gasteiger charge is -2.05. The first-order valence-corrected chi connectivity index (χ1v) is 8.83. The molecule has 114 valence electrons. The van der Waals surface area contributed by atoms with Gasteiger partial charge in [0.25, 0.3) is 0 Å². The van der Waals surface area contributed by atoms with Gasteiger partial charge in [-0.25, -0.2) is 0 Å². The van der Waals surface area contributed by atoms with Crippen molar-refractivity contribution in [3.05, 3.63) is 53.7 Å². The molecule has 22 heavy (non-hydrogen) atoms. The normalized spacial score (nSPS) is 11.0. The molecule has 0 bridgehead atoms. The van der Waals surface area contributed by atoms with Crippen LogP contribution in [0.15, 0.2) is 52.6 Å². The Bertz CT molecular complexity index is 700. The third kappa shape index (κ3) is 3.47. The fourth-order valence-corrected chi connectivity index (χ4v) is 3.61. The number of aromatic nitrogens is 1. The number of hydrogen-bond donors (Lipinski definition) is 0. The second-order valence-corrected chi connectivity index (χ2v) is 6.41. The number of aryl methyl sites for hydroxylation is 1. The monoisotopic (exact) mass is 311 g/mol. The number of furan rings is 1. The molecule has 0 saturated carbocycles. The molecule has 0 aliphatic rings. The van der Waals surface area contributed by atoms with E-state index in [0.29, 0.717) is 0 Å². The molecule has 0 atom stereocenters. The molecule has 0 radical (unpaired) electrons. The minimum absolute atomic E-state index is 0.822. The fourth-order valence-electron chi connectivity index (χ4n) is 2.66. The maximum Gasteiger partial charge on any atom is 0.152 e. The summed E-state index contributed by atoms with van der Waals surface area (Å²) in [6.07, 6.45) is 9.93. The van der Waals surface area contributed by atoms with Gasteiger partial charge < -0.3 is 4.42 Å². The van der Waals surface area contributed by atoms with Crippen molar-refractivity contribution in [2.24, 2.45) is 0 Å². The van der Waals surface area contributed by atoms with Crippen molar-refractivity contribution in [3.63, 3.8) is 0 Å². The van der Waals surface area contributed by atoms with Crippen LogP contribution in [0.4, 0.5) is 0 Å². The van der Waals surface area contributed by atoms with E-state index in [1.54, 1.807) is 6.26 Å². The number of pyridine rings is 1. The predicted molar refractivity (Wildman–Crippen MR) is 93.1 cm³/mol. The van der Waals surface area contributed by atoms with Crippen LogP contribution in [0.5, 0.6) is 0 Å².